The van der Waals surface area contributed by atoms with Crippen LogP contribution in [0.2, 0.25) is 5.02 Å². The molecule has 0 atom stereocenters. The molecule has 4 aliphatic carbocycles. The minimum atomic E-state index is -0.259. The minimum absolute atomic E-state index is 0.231. The first-order valence-corrected chi connectivity index (χ1v) is 8.24. The van der Waals surface area contributed by atoms with Crippen LogP contribution in [0.3, 0.4) is 0 Å². The Kier molecular flexibility index (Phi) is 3.27. The van der Waals surface area contributed by atoms with Gasteiger partial charge in [0.2, 0.25) is 0 Å². The summed E-state index contributed by atoms with van der Waals surface area (Å²) in [7, 11) is 0. The second kappa shape index (κ2) is 4.99. The summed E-state index contributed by atoms with van der Waals surface area (Å²) in [6.07, 6.45) is 7.04. The summed E-state index contributed by atoms with van der Waals surface area (Å²) in [5, 5.41) is 3.88. The third-order valence-corrected chi connectivity index (χ3v) is 6.08. The molecule has 1 nitrogen and oxygen atoms in total. The van der Waals surface area contributed by atoms with Gasteiger partial charge < -0.3 is 5.32 Å². The second-order valence-corrected chi connectivity index (χ2v) is 7.46. The highest BCUT2D eigenvalue weighted by molar-refractivity contribution is 6.30. The molecule has 0 aliphatic heterocycles. The summed E-state index contributed by atoms with van der Waals surface area (Å²) in [5.74, 6) is 3.37. The van der Waals surface area contributed by atoms with E-state index in [1.165, 1.54) is 32.1 Å². The molecule has 0 amide bonds. The Labute approximate surface area is 124 Å². The van der Waals surface area contributed by atoms with Crippen LogP contribution in [0.4, 0.5) is 4.39 Å². The molecule has 108 valence electrons. The first-order valence-electron chi connectivity index (χ1n) is 7.87. The zero-order chi connectivity index (χ0) is 13.7. The topological polar surface area (TPSA) is 12.0 Å². The molecule has 4 bridgehead atoms. The lowest BCUT2D eigenvalue weighted by molar-refractivity contribution is -0.0143. The van der Waals surface area contributed by atoms with Crippen LogP contribution >= 0.6 is 11.6 Å². The van der Waals surface area contributed by atoms with Gasteiger partial charge in [0.25, 0.3) is 0 Å². The maximum Gasteiger partial charge on any atom is 0.146 e. The average Bonchev–Trinajstić information content (AvgIpc) is 2.41. The van der Waals surface area contributed by atoms with Gasteiger partial charge in [-0.3, -0.25) is 0 Å². The Morgan fingerprint density at radius 1 is 1.05 bits per heavy atom. The third-order valence-electron chi connectivity index (χ3n) is 5.79. The van der Waals surface area contributed by atoms with Crippen molar-refractivity contribution in [3.63, 3.8) is 0 Å². The number of hydrogen-bond acceptors (Lipinski definition) is 1. The van der Waals surface area contributed by atoms with E-state index in [0.29, 0.717) is 18.2 Å². The number of benzene rings is 1. The molecule has 1 N–H and O–H groups in total. The molecule has 4 saturated carbocycles. The first kappa shape index (κ1) is 13.1. The smallest absolute Gasteiger partial charge is 0.146 e. The van der Waals surface area contributed by atoms with E-state index < -0.39 is 0 Å². The molecule has 0 heterocycles. The van der Waals surface area contributed by atoms with Crippen LogP contribution in [0.15, 0.2) is 18.2 Å². The zero-order valence-corrected chi connectivity index (χ0v) is 12.4. The number of hydrogen-bond donors (Lipinski definition) is 1. The van der Waals surface area contributed by atoms with Crippen molar-refractivity contribution >= 4 is 11.6 Å². The molecular weight excluding hydrogens is 273 g/mol. The molecule has 5 rings (SSSR count). The highest BCUT2D eigenvalue weighted by Gasteiger charge is 2.47. The van der Waals surface area contributed by atoms with Crippen molar-refractivity contribution in [2.24, 2.45) is 23.7 Å². The van der Waals surface area contributed by atoms with E-state index in [-0.39, 0.29) is 10.8 Å². The van der Waals surface area contributed by atoms with Gasteiger partial charge in [-0.1, -0.05) is 23.7 Å². The fourth-order valence-corrected chi connectivity index (χ4v) is 5.37. The van der Waals surface area contributed by atoms with Gasteiger partial charge in [-0.25, -0.2) is 4.39 Å². The fraction of sp³-hybridized carbons (Fsp3) is 0.647. The molecule has 4 fully saturated rings. The van der Waals surface area contributed by atoms with Crippen molar-refractivity contribution in [3.8, 4) is 0 Å². The molecule has 1 aromatic rings. The Morgan fingerprint density at radius 3 is 2.35 bits per heavy atom. The van der Waals surface area contributed by atoms with Crippen molar-refractivity contribution in [1.82, 2.24) is 5.32 Å². The monoisotopic (exact) mass is 293 g/mol. The lowest BCUT2D eigenvalue weighted by atomic mass is 9.54. The van der Waals surface area contributed by atoms with E-state index in [2.05, 4.69) is 5.32 Å². The Bertz CT molecular complexity index is 488. The highest BCUT2D eigenvalue weighted by atomic mass is 35.5. The molecule has 4 aliphatic rings. The lowest BCUT2D eigenvalue weighted by Crippen LogP contribution is -2.54. The summed E-state index contributed by atoms with van der Waals surface area (Å²) < 4.78 is 13.9. The van der Waals surface area contributed by atoms with Gasteiger partial charge in [0, 0.05) is 18.2 Å². The van der Waals surface area contributed by atoms with Gasteiger partial charge in [-0.2, -0.15) is 0 Å². The van der Waals surface area contributed by atoms with E-state index in [9.17, 15) is 4.39 Å². The van der Waals surface area contributed by atoms with Gasteiger partial charge in [-0.05, 0) is 61.8 Å². The zero-order valence-electron chi connectivity index (χ0n) is 11.6. The quantitative estimate of drug-likeness (QED) is 0.871. The summed E-state index contributed by atoms with van der Waals surface area (Å²) in [6.45, 7) is 0.611. The molecule has 1 aromatic carbocycles. The average molecular weight is 294 g/mol. The van der Waals surface area contributed by atoms with Crippen LogP contribution < -0.4 is 5.32 Å². The third kappa shape index (κ3) is 2.17. The molecule has 20 heavy (non-hydrogen) atoms. The molecule has 0 aromatic heterocycles. The predicted molar refractivity (Wildman–Crippen MR) is 79.1 cm³/mol. The maximum atomic E-state index is 13.9. The first-order chi connectivity index (χ1) is 9.70. The van der Waals surface area contributed by atoms with Crippen molar-refractivity contribution in [3.05, 3.63) is 34.6 Å². The van der Waals surface area contributed by atoms with Crippen LogP contribution in [-0.2, 0) is 6.54 Å². The van der Waals surface area contributed by atoms with Crippen LogP contribution in [-0.4, -0.2) is 6.04 Å². The number of nitrogens with one attached hydrogen (secondary N) is 1. The van der Waals surface area contributed by atoms with Gasteiger partial charge in [0.15, 0.2) is 0 Å². The maximum absolute atomic E-state index is 13.9. The summed E-state index contributed by atoms with van der Waals surface area (Å²) in [4.78, 5) is 0. The molecule has 0 spiro atoms. The minimum Gasteiger partial charge on any atom is -0.309 e. The Hall–Kier alpha value is -0.600. The highest BCUT2D eigenvalue weighted by Crippen LogP contribution is 2.53. The summed E-state index contributed by atoms with van der Waals surface area (Å²) >= 11 is 5.85. The van der Waals surface area contributed by atoms with Gasteiger partial charge in [-0.15, -0.1) is 0 Å². The van der Waals surface area contributed by atoms with E-state index in [1.807, 2.05) is 12.1 Å². The van der Waals surface area contributed by atoms with Crippen molar-refractivity contribution in [2.75, 3.05) is 0 Å². The number of halogens is 2. The van der Waals surface area contributed by atoms with E-state index in [0.717, 1.165) is 23.7 Å². The lowest BCUT2D eigenvalue weighted by Gasteiger charge is -2.54. The van der Waals surface area contributed by atoms with Crippen molar-refractivity contribution in [2.45, 2.75) is 44.7 Å². The Balaban J connectivity index is 1.46. The molecule has 0 radical (unpaired) electrons. The summed E-state index contributed by atoms with van der Waals surface area (Å²) in [5.41, 5.74) is 0.700. The standard InChI is InChI=1S/C17H21ClFN/c18-15-3-1-2-12(16(15)19)9-20-17-13-5-10-4-11(7-13)8-14(17)6-10/h1-3,10-11,13-14,17,20H,4-9H2. The Morgan fingerprint density at radius 2 is 1.70 bits per heavy atom. The van der Waals surface area contributed by atoms with Gasteiger partial charge in [0.05, 0.1) is 5.02 Å². The fourth-order valence-electron chi connectivity index (χ4n) is 5.17. The van der Waals surface area contributed by atoms with Crippen LogP contribution in [0.25, 0.3) is 0 Å². The van der Waals surface area contributed by atoms with Gasteiger partial charge in [0.1, 0.15) is 5.82 Å². The molecule has 0 saturated heterocycles. The largest absolute Gasteiger partial charge is 0.309 e. The van der Waals surface area contributed by atoms with E-state index in [4.69, 9.17) is 11.6 Å². The number of rotatable bonds is 3. The van der Waals surface area contributed by atoms with E-state index >= 15 is 0 Å². The van der Waals surface area contributed by atoms with Crippen LogP contribution in [0.5, 0.6) is 0 Å². The van der Waals surface area contributed by atoms with Crippen LogP contribution in [0, 0.1) is 29.5 Å². The van der Waals surface area contributed by atoms with Crippen molar-refractivity contribution in [1.29, 1.82) is 0 Å². The predicted octanol–water partition coefficient (Wildman–Crippen LogP) is 4.39. The van der Waals surface area contributed by atoms with Gasteiger partial charge >= 0.3 is 0 Å². The van der Waals surface area contributed by atoms with Crippen LogP contribution in [0.1, 0.15) is 37.7 Å². The normalized spacial score (nSPS) is 38.4. The summed E-state index contributed by atoms with van der Waals surface area (Å²) in [6, 6.07) is 5.88. The molecular formula is C17H21ClFN. The second-order valence-electron chi connectivity index (χ2n) is 7.05. The van der Waals surface area contributed by atoms with E-state index in [1.54, 1.807) is 6.07 Å². The SMILES string of the molecule is Fc1c(Cl)cccc1CNC1C2CC3CC(C2)CC1C3. The molecule has 0 unspecified atom stereocenters. The molecule has 3 heteroatoms. The van der Waals surface area contributed by atoms with Crippen molar-refractivity contribution < 1.29 is 4.39 Å².